The average Bonchev–Trinajstić information content (AvgIpc) is 2.74. The normalized spacial score (nSPS) is 11.4. The van der Waals surface area contributed by atoms with E-state index in [-0.39, 0.29) is 18.9 Å². The summed E-state index contributed by atoms with van der Waals surface area (Å²) in [4.78, 5) is 12.1. The lowest BCUT2D eigenvalue weighted by Gasteiger charge is -2.23. The molecule has 0 aromatic heterocycles. The molecule has 170 valence electrons. The molecule has 0 saturated heterocycles. The third-order valence-electron chi connectivity index (χ3n) is 5.04. The molecule has 7 heteroatoms. The highest BCUT2D eigenvalue weighted by molar-refractivity contribution is 7.92. The first-order valence-electron chi connectivity index (χ1n) is 10.8. The number of benzene rings is 2. The maximum Gasteiger partial charge on any atom is 0.232 e. The molecular weight excluding hydrogens is 412 g/mol. The lowest BCUT2D eigenvalue weighted by Crippen LogP contribution is -2.32. The van der Waals surface area contributed by atoms with Crippen LogP contribution in [0.2, 0.25) is 0 Å². The second-order valence-corrected chi connectivity index (χ2v) is 9.79. The fourth-order valence-corrected chi connectivity index (χ4v) is 4.13. The lowest BCUT2D eigenvalue weighted by atomic mass is 10.0. The van der Waals surface area contributed by atoms with Crippen molar-refractivity contribution < 1.29 is 17.9 Å². The van der Waals surface area contributed by atoms with Crippen LogP contribution in [-0.2, 0) is 21.2 Å². The van der Waals surface area contributed by atoms with E-state index < -0.39 is 10.0 Å². The molecule has 0 unspecified atom stereocenters. The number of carbonyl (C=O) groups is 1. The Balaban J connectivity index is 1.76. The quantitative estimate of drug-likeness (QED) is 0.498. The summed E-state index contributed by atoms with van der Waals surface area (Å²) in [5, 5.41) is 2.82. The third kappa shape index (κ3) is 8.25. The summed E-state index contributed by atoms with van der Waals surface area (Å²) in [6, 6.07) is 15.4. The first-order valence-corrected chi connectivity index (χ1v) is 12.6. The molecule has 2 rings (SSSR count). The van der Waals surface area contributed by atoms with E-state index in [1.807, 2.05) is 48.5 Å². The van der Waals surface area contributed by atoms with Gasteiger partial charge in [0.05, 0.1) is 18.5 Å². The van der Waals surface area contributed by atoms with Gasteiger partial charge in [-0.25, -0.2) is 8.42 Å². The van der Waals surface area contributed by atoms with Crippen molar-refractivity contribution in [3.63, 3.8) is 0 Å². The molecule has 0 heterocycles. The number of sulfonamides is 1. The molecule has 0 bridgehead atoms. The van der Waals surface area contributed by atoms with E-state index in [0.717, 1.165) is 17.7 Å². The number of carbonyl (C=O) groups excluding carboxylic acids is 1. The molecule has 1 amide bonds. The van der Waals surface area contributed by atoms with Crippen LogP contribution in [0, 0.1) is 0 Å². The van der Waals surface area contributed by atoms with E-state index in [1.54, 1.807) is 0 Å². The number of nitrogens with zero attached hydrogens (tertiary/aromatic N) is 1. The number of rotatable bonds is 12. The Labute approximate surface area is 186 Å². The van der Waals surface area contributed by atoms with Crippen LogP contribution in [0.3, 0.4) is 0 Å². The van der Waals surface area contributed by atoms with Crippen LogP contribution in [0.15, 0.2) is 48.5 Å². The summed E-state index contributed by atoms with van der Waals surface area (Å²) < 4.78 is 31.4. The highest BCUT2D eigenvalue weighted by Crippen LogP contribution is 2.22. The third-order valence-corrected chi connectivity index (χ3v) is 6.23. The van der Waals surface area contributed by atoms with Gasteiger partial charge in [-0.1, -0.05) is 45.0 Å². The second-order valence-electron chi connectivity index (χ2n) is 7.88. The fraction of sp³-hybridized carbons (Fsp3) is 0.458. The predicted octanol–water partition coefficient (Wildman–Crippen LogP) is 4.11. The molecule has 0 aliphatic rings. The van der Waals surface area contributed by atoms with Gasteiger partial charge in [0.2, 0.25) is 15.9 Å². The average molecular weight is 447 g/mol. The summed E-state index contributed by atoms with van der Waals surface area (Å²) in [5.74, 6) is 1.04. The van der Waals surface area contributed by atoms with Crippen LogP contribution >= 0.6 is 0 Å². The van der Waals surface area contributed by atoms with Crippen LogP contribution in [0.1, 0.15) is 50.7 Å². The highest BCUT2D eigenvalue weighted by Gasteiger charge is 2.17. The smallest absolute Gasteiger partial charge is 0.232 e. The van der Waals surface area contributed by atoms with Crippen LogP contribution in [0.25, 0.3) is 0 Å². The van der Waals surface area contributed by atoms with E-state index in [4.69, 9.17) is 4.74 Å². The standard InChI is InChI=1S/C24H34N2O4S/c1-5-20-8-14-23(15-9-20)30-18-16-25-24(27)7-6-17-26(31(4,28)29)22-12-10-21(11-13-22)19(2)3/h8-15,19H,5-7,16-18H2,1-4H3,(H,25,27). The van der Waals surface area contributed by atoms with Crippen molar-refractivity contribution in [2.24, 2.45) is 0 Å². The fourth-order valence-electron chi connectivity index (χ4n) is 3.16. The molecule has 0 aliphatic heterocycles. The molecule has 2 aromatic carbocycles. The highest BCUT2D eigenvalue weighted by atomic mass is 32.2. The monoisotopic (exact) mass is 446 g/mol. The SMILES string of the molecule is CCc1ccc(OCCNC(=O)CCCN(c2ccc(C(C)C)cc2)S(C)(=O)=O)cc1. The van der Waals surface area contributed by atoms with Gasteiger partial charge in [-0.3, -0.25) is 9.10 Å². The first kappa shape index (κ1) is 24.7. The molecule has 0 spiro atoms. The Morgan fingerprint density at radius 1 is 1.06 bits per heavy atom. The summed E-state index contributed by atoms with van der Waals surface area (Å²) in [5.41, 5.74) is 3.02. The van der Waals surface area contributed by atoms with Gasteiger partial charge in [0.25, 0.3) is 0 Å². The molecule has 31 heavy (non-hydrogen) atoms. The molecule has 1 N–H and O–H groups in total. The zero-order chi connectivity index (χ0) is 22.9. The van der Waals surface area contributed by atoms with Gasteiger partial charge in [0.1, 0.15) is 12.4 Å². The van der Waals surface area contributed by atoms with Crippen LogP contribution in [0.4, 0.5) is 5.69 Å². The number of amides is 1. The van der Waals surface area contributed by atoms with Crippen molar-refractivity contribution in [2.75, 3.05) is 30.3 Å². The number of ether oxygens (including phenoxy) is 1. The van der Waals surface area contributed by atoms with E-state index in [1.165, 1.54) is 16.1 Å². The Morgan fingerprint density at radius 2 is 1.71 bits per heavy atom. The maximum atomic E-state index is 12.2. The summed E-state index contributed by atoms with van der Waals surface area (Å²) in [6.45, 7) is 7.33. The largest absolute Gasteiger partial charge is 0.492 e. The minimum absolute atomic E-state index is 0.117. The van der Waals surface area contributed by atoms with E-state index in [9.17, 15) is 13.2 Å². The van der Waals surface area contributed by atoms with Gasteiger partial charge in [-0.2, -0.15) is 0 Å². The number of hydrogen-bond donors (Lipinski definition) is 1. The summed E-state index contributed by atoms with van der Waals surface area (Å²) >= 11 is 0. The van der Waals surface area contributed by atoms with Crippen molar-refractivity contribution in [2.45, 2.75) is 46.0 Å². The zero-order valence-corrected chi connectivity index (χ0v) is 19.7. The molecule has 0 radical (unpaired) electrons. The Bertz CT molecular complexity index is 923. The van der Waals surface area contributed by atoms with E-state index >= 15 is 0 Å². The van der Waals surface area contributed by atoms with Gasteiger partial charge in [0.15, 0.2) is 0 Å². The zero-order valence-electron chi connectivity index (χ0n) is 18.9. The van der Waals surface area contributed by atoms with Crippen LogP contribution in [-0.4, -0.2) is 40.3 Å². The molecule has 0 fully saturated rings. The Morgan fingerprint density at radius 3 is 2.26 bits per heavy atom. The van der Waals surface area contributed by atoms with E-state index in [2.05, 4.69) is 26.1 Å². The Hall–Kier alpha value is -2.54. The first-order chi connectivity index (χ1) is 14.7. The van der Waals surface area contributed by atoms with E-state index in [0.29, 0.717) is 31.2 Å². The van der Waals surface area contributed by atoms with Crippen molar-refractivity contribution in [1.82, 2.24) is 5.32 Å². The molecule has 2 aromatic rings. The number of hydrogen-bond acceptors (Lipinski definition) is 4. The summed E-state index contributed by atoms with van der Waals surface area (Å²) in [6.07, 6.45) is 2.86. The second kappa shape index (κ2) is 11.7. The lowest BCUT2D eigenvalue weighted by molar-refractivity contribution is -0.121. The molecule has 0 atom stereocenters. The van der Waals surface area contributed by atoms with Gasteiger partial charge in [-0.05, 0) is 54.2 Å². The molecule has 0 saturated carbocycles. The number of anilines is 1. The van der Waals surface area contributed by atoms with Crippen molar-refractivity contribution in [1.29, 1.82) is 0 Å². The van der Waals surface area contributed by atoms with Crippen LogP contribution in [0.5, 0.6) is 5.75 Å². The van der Waals surface area contributed by atoms with Gasteiger partial charge < -0.3 is 10.1 Å². The topological polar surface area (TPSA) is 75.7 Å². The Kier molecular flexibility index (Phi) is 9.37. The molecule has 6 nitrogen and oxygen atoms in total. The minimum atomic E-state index is -3.42. The molecular formula is C24H34N2O4S. The van der Waals surface area contributed by atoms with Crippen LogP contribution < -0.4 is 14.4 Å². The summed E-state index contributed by atoms with van der Waals surface area (Å²) in [7, 11) is -3.42. The predicted molar refractivity (Wildman–Crippen MR) is 126 cm³/mol. The minimum Gasteiger partial charge on any atom is -0.492 e. The number of aryl methyl sites for hydroxylation is 1. The van der Waals surface area contributed by atoms with Crippen molar-refractivity contribution >= 4 is 21.6 Å². The van der Waals surface area contributed by atoms with Gasteiger partial charge >= 0.3 is 0 Å². The molecule has 0 aliphatic carbocycles. The number of nitrogens with one attached hydrogen (secondary N) is 1. The van der Waals surface area contributed by atoms with Gasteiger partial charge in [-0.15, -0.1) is 0 Å². The maximum absolute atomic E-state index is 12.2. The van der Waals surface area contributed by atoms with Gasteiger partial charge in [0, 0.05) is 13.0 Å². The van der Waals surface area contributed by atoms with Crippen molar-refractivity contribution in [3.05, 3.63) is 59.7 Å². The van der Waals surface area contributed by atoms with Crippen molar-refractivity contribution in [3.8, 4) is 5.75 Å².